The van der Waals surface area contributed by atoms with E-state index in [-0.39, 0.29) is 21.2 Å². The zero-order valence-corrected chi connectivity index (χ0v) is 15.5. The number of hydrogen-bond acceptors (Lipinski definition) is 5. The maximum absolute atomic E-state index is 12.4. The quantitative estimate of drug-likeness (QED) is 0.573. The molecule has 27 heavy (non-hydrogen) atoms. The Hall–Kier alpha value is -3.28. The molecule has 0 saturated heterocycles. The van der Waals surface area contributed by atoms with Crippen molar-refractivity contribution in [2.75, 3.05) is 10.0 Å². The molecule has 6 nitrogen and oxygen atoms in total. The first-order chi connectivity index (χ1) is 12.9. The fourth-order valence-electron chi connectivity index (χ4n) is 2.29. The van der Waals surface area contributed by atoms with Crippen molar-refractivity contribution in [2.45, 2.75) is 4.21 Å². The van der Waals surface area contributed by atoms with E-state index in [1.165, 1.54) is 24.3 Å². The topological polar surface area (TPSA) is 95.5 Å². The molecule has 0 spiro atoms. The molecule has 0 atom stereocenters. The highest BCUT2D eigenvalue weighted by Gasteiger charge is 2.17. The summed E-state index contributed by atoms with van der Waals surface area (Å²) in [5.41, 5.74) is 1.24. The van der Waals surface area contributed by atoms with Crippen LogP contribution in [0.3, 0.4) is 0 Å². The third-order valence-electron chi connectivity index (χ3n) is 3.54. The number of phenols is 1. The van der Waals surface area contributed by atoms with Gasteiger partial charge in [0.2, 0.25) is 0 Å². The van der Waals surface area contributed by atoms with Crippen LogP contribution in [0.5, 0.6) is 5.75 Å². The molecule has 0 radical (unpaired) electrons. The van der Waals surface area contributed by atoms with Crippen LogP contribution < -0.4 is 10.0 Å². The molecule has 3 rings (SSSR count). The monoisotopic (exact) mass is 398 g/mol. The van der Waals surface area contributed by atoms with Crippen LogP contribution in [0, 0.1) is 12.3 Å². The SMILES string of the molecule is C#Cc1cccc(NC(=O)c2ccc(NS(=O)(=O)c3cccs3)cc2O)c1. The second kappa shape index (κ2) is 7.53. The highest BCUT2D eigenvalue weighted by Crippen LogP contribution is 2.26. The van der Waals surface area contributed by atoms with E-state index in [1.54, 1.807) is 35.7 Å². The van der Waals surface area contributed by atoms with Crippen molar-refractivity contribution >= 4 is 38.6 Å². The van der Waals surface area contributed by atoms with Crippen LogP contribution in [0.15, 0.2) is 64.2 Å². The van der Waals surface area contributed by atoms with Gasteiger partial charge in [0.15, 0.2) is 0 Å². The average molecular weight is 398 g/mol. The van der Waals surface area contributed by atoms with Crippen LogP contribution in [0.2, 0.25) is 0 Å². The lowest BCUT2D eigenvalue weighted by atomic mass is 10.1. The first-order valence-corrected chi connectivity index (χ1v) is 10.0. The Morgan fingerprint density at radius 1 is 1.07 bits per heavy atom. The third-order valence-corrected chi connectivity index (χ3v) is 6.32. The molecule has 0 aliphatic rings. The normalized spacial score (nSPS) is 10.8. The van der Waals surface area contributed by atoms with Gasteiger partial charge >= 0.3 is 0 Å². The van der Waals surface area contributed by atoms with Gasteiger partial charge in [-0.3, -0.25) is 9.52 Å². The van der Waals surface area contributed by atoms with Gasteiger partial charge in [-0.05, 0) is 41.8 Å². The number of aromatic hydroxyl groups is 1. The Morgan fingerprint density at radius 2 is 1.89 bits per heavy atom. The van der Waals surface area contributed by atoms with Crippen molar-refractivity contribution in [3.05, 3.63) is 71.1 Å². The van der Waals surface area contributed by atoms with Crippen molar-refractivity contribution in [1.29, 1.82) is 0 Å². The number of sulfonamides is 1. The Morgan fingerprint density at radius 3 is 2.56 bits per heavy atom. The van der Waals surface area contributed by atoms with Gasteiger partial charge in [-0.25, -0.2) is 8.42 Å². The fourth-order valence-corrected chi connectivity index (χ4v) is 4.34. The molecule has 0 fully saturated rings. The standard InChI is InChI=1S/C19H14N2O4S2/c1-2-13-5-3-6-14(11-13)20-19(23)16-9-8-15(12-17(16)22)21-27(24,25)18-7-4-10-26-18/h1,3-12,21-22H,(H,20,23). The second-order valence-electron chi connectivity index (χ2n) is 5.45. The molecule has 1 aromatic heterocycles. The molecule has 0 unspecified atom stereocenters. The average Bonchev–Trinajstić information content (AvgIpc) is 3.17. The minimum atomic E-state index is -3.74. The van der Waals surface area contributed by atoms with Crippen LogP contribution in [-0.2, 0) is 10.0 Å². The highest BCUT2D eigenvalue weighted by molar-refractivity contribution is 7.94. The van der Waals surface area contributed by atoms with E-state index < -0.39 is 15.9 Å². The highest BCUT2D eigenvalue weighted by atomic mass is 32.2. The van der Waals surface area contributed by atoms with Crippen LogP contribution in [-0.4, -0.2) is 19.4 Å². The molecule has 0 aliphatic heterocycles. The van der Waals surface area contributed by atoms with E-state index >= 15 is 0 Å². The lowest BCUT2D eigenvalue weighted by Crippen LogP contribution is -2.14. The maximum atomic E-state index is 12.4. The lowest BCUT2D eigenvalue weighted by molar-refractivity contribution is 0.102. The van der Waals surface area contributed by atoms with Gasteiger partial charge in [0.25, 0.3) is 15.9 Å². The Labute approximate surface area is 160 Å². The fraction of sp³-hybridized carbons (Fsp3) is 0. The number of anilines is 2. The number of amides is 1. The van der Waals surface area contributed by atoms with Gasteiger partial charge in [-0.15, -0.1) is 17.8 Å². The molecule has 1 amide bonds. The minimum absolute atomic E-state index is 0.000169. The minimum Gasteiger partial charge on any atom is -0.507 e. The number of carbonyl (C=O) groups excluding carboxylic acids is 1. The van der Waals surface area contributed by atoms with E-state index in [0.29, 0.717) is 11.3 Å². The van der Waals surface area contributed by atoms with Crippen molar-refractivity contribution in [3.63, 3.8) is 0 Å². The van der Waals surface area contributed by atoms with Crippen LogP contribution in [0.1, 0.15) is 15.9 Å². The Balaban J connectivity index is 1.78. The number of benzene rings is 2. The zero-order chi connectivity index (χ0) is 19.4. The van der Waals surface area contributed by atoms with E-state index in [4.69, 9.17) is 6.42 Å². The molecular weight excluding hydrogens is 384 g/mol. The van der Waals surface area contributed by atoms with Gasteiger partial charge < -0.3 is 10.4 Å². The zero-order valence-electron chi connectivity index (χ0n) is 13.8. The predicted octanol–water partition coefficient (Wildman–Crippen LogP) is 3.49. The van der Waals surface area contributed by atoms with Gasteiger partial charge in [0, 0.05) is 17.3 Å². The Bertz CT molecular complexity index is 1130. The summed E-state index contributed by atoms with van der Waals surface area (Å²) in [5.74, 6) is 1.57. The number of terminal acetylenes is 1. The number of phenolic OH excluding ortho intramolecular Hbond substituents is 1. The van der Waals surface area contributed by atoms with E-state index in [9.17, 15) is 18.3 Å². The van der Waals surface area contributed by atoms with E-state index in [2.05, 4.69) is 16.0 Å². The summed E-state index contributed by atoms with van der Waals surface area (Å²) in [5, 5.41) is 14.4. The molecule has 3 aromatic rings. The number of carbonyl (C=O) groups is 1. The first-order valence-electron chi connectivity index (χ1n) is 7.66. The molecule has 3 N–H and O–H groups in total. The number of thiophene rings is 1. The molecule has 0 aliphatic carbocycles. The second-order valence-corrected chi connectivity index (χ2v) is 8.31. The van der Waals surface area contributed by atoms with Crippen molar-refractivity contribution in [1.82, 2.24) is 0 Å². The molecule has 8 heteroatoms. The molecule has 0 bridgehead atoms. The van der Waals surface area contributed by atoms with Gasteiger partial charge in [-0.2, -0.15) is 0 Å². The summed E-state index contributed by atoms with van der Waals surface area (Å²) in [6, 6.07) is 13.7. The smallest absolute Gasteiger partial charge is 0.271 e. The van der Waals surface area contributed by atoms with Crippen molar-refractivity contribution < 1.29 is 18.3 Å². The van der Waals surface area contributed by atoms with Gasteiger partial charge in [0.05, 0.1) is 11.3 Å². The van der Waals surface area contributed by atoms with E-state index in [0.717, 1.165) is 11.3 Å². The number of nitrogens with one attached hydrogen (secondary N) is 2. The van der Waals surface area contributed by atoms with Crippen LogP contribution >= 0.6 is 11.3 Å². The lowest BCUT2D eigenvalue weighted by Gasteiger charge is -2.10. The third kappa shape index (κ3) is 4.28. The predicted molar refractivity (Wildman–Crippen MR) is 106 cm³/mol. The molecule has 2 aromatic carbocycles. The van der Waals surface area contributed by atoms with Gasteiger partial charge in [-0.1, -0.05) is 18.1 Å². The summed E-state index contributed by atoms with van der Waals surface area (Å²) >= 11 is 1.07. The summed E-state index contributed by atoms with van der Waals surface area (Å²) in [7, 11) is -3.74. The summed E-state index contributed by atoms with van der Waals surface area (Å²) in [6.07, 6.45) is 5.33. The number of hydrogen-bond donors (Lipinski definition) is 3. The van der Waals surface area contributed by atoms with Crippen molar-refractivity contribution in [3.8, 4) is 18.1 Å². The molecule has 0 saturated carbocycles. The summed E-state index contributed by atoms with van der Waals surface area (Å²) < 4.78 is 26.9. The maximum Gasteiger partial charge on any atom is 0.271 e. The number of rotatable bonds is 5. The molecular formula is C19H14N2O4S2. The van der Waals surface area contributed by atoms with Crippen LogP contribution in [0.4, 0.5) is 11.4 Å². The largest absolute Gasteiger partial charge is 0.507 e. The molecule has 1 heterocycles. The summed E-state index contributed by atoms with van der Waals surface area (Å²) in [6.45, 7) is 0. The molecule has 136 valence electrons. The summed E-state index contributed by atoms with van der Waals surface area (Å²) in [4.78, 5) is 12.4. The van der Waals surface area contributed by atoms with Crippen molar-refractivity contribution in [2.24, 2.45) is 0 Å². The van der Waals surface area contributed by atoms with E-state index in [1.807, 2.05) is 0 Å². The van der Waals surface area contributed by atoms with Gasteiger partial charge in [0.1, 0.15) is 9.96 Å². The Kier molecular flexibility index (Phi) is 5.16. The van der Waals surface area contributed by atoms with Crippen LogP contribution in [0.25, 0.3) is 0 Å². The first kappa shape index (κ1) is 18.5.